The van der Waals surface area contributed by atoms with Gasteiger partial charge in [0.2, 0.25) is 5.91 Å². The van der Waals surface area contributed by atoms with E-state index >= 15 is 0 Å². The van der Waals surface area contributed by atoms with Crippen molar-refractivity contribution in [2.24, 2.45) is 0 Å². The minimum Gasteiger partial charge on any atom is -0.355 e. The molecule has 3 rings (SSSR count). The molecule has 150 valence electrons. The second-order valence-electron chi connectivity index (χ2n) is 6.89. The van der Waals surface area contributed by atoms with Crippen LogP contribution in [0.15, 0.2) is 47.5 Å². The van der Waals surface area contributed by atoms with E-state index in [4.69, 9.17) is 0 Å². The first kappa shape index (κ1) is 20.2. The van der Waals surface area contributed by atoms with E-state index in [0.717, 1.165) is 18.0 Å². The Morgan fingerprint density at radius 3 is 2.43 bits per heavy atom. The largest absolute Gasteiger partial charge is 0.355 e. The summed E-state index contributed by atoms with van der Waals surface area (Å²) in [6.45, 7) is 2.33. The lowest BCUT2D eigenvalue weighted by molar-refractivity contribution is -0.131. The second-order valence-corrected chi connectivity index (χ2v) is 9.16. The van der Waals surface area contributed by atoms with Gasteiger partial charge in [0.15, 0.2) is 15.7 Å². The highest BCUT2D eigenvalue weighted by Crippen LogP contribution is 2.23. The molecule has 0 bridgehead atoms. The van der Waals surface area contributed by atoms with Crippen LogP contribution in [0.1, 0.15) is 19.8 Å². The van der Waals surface area contributed by atoms with Crippen LogP contribution in [0.4, 0.5) is 10.2 Å². The average Bonchev–Trinajstić information content (AvgIpc) is 2.73. The summed E-state index contributed by atoms with van der Waals surface area (Å²) in [5, 5.41) is 6.76. The van der Waals surface area contributed by atoms with E-state index in [9.17, 15) is 17.6 Å². The van der Waals surface area contributed by atoms with E-state index < -0.39 is 26.8 Å². The minimum atomic E-state index is -3.86. The fourth-order valence-corrected chi connectivity index (χ4v) is 4.70. The lowest BCUT2D eigenvalue weighted by atomic mass is 10.0. The van der Waals surface area contributed by atoms with Crippen LogP contribution in [0.5, 0.6) is 0 Å². The Labute approximate surface area is 164 Å². The van der Waals surface area contributed by atoms with Gasteiger partial charge in [-0.1, -0.05) is 0 Å². The van der Waals surface area contributed by atoms with Crippen molar-refractivity contribution in [3.05, 3.63) is 48.4 Å². The van der Waals surface area contributed by atoms with Crippen LogP contribution < -0.4 is 4.90 Å². The Bertz CT molecular complexity index is 914. The van der Waals surface area contributed by atoms with Crippen molar-refractivity contribution in [1.82, 2.24) is 15.1 Å². The van der Waals surface area contributed by atoms with Gasteiger partial charge < -0.3 is 9.80 Å². The molecule has 7 nitrogen and oxygen atoms in total. The maximum Gasteiger partial charge on any atom is 0.241 e. The fraction of sp³-hybridized carbons (Fsp3) is 0.421. The molecule has 1 saturated heterocycles. The van der Waals surface area contributed by atoms with Crippen molar-refractivity contribution in [2.45, 2.75) is 36.0 Å². The van der Waals surface area contributed by atoms with Gasteiger partial charge >= 0.3 is 0 Å². The Morgan fingerprint density at radius 2 is 1.86 bits per heavy atom. The second kappa shape index (κ2) is 8.22. The first-order chi connectivity index (χ1) is 13.3. The van der Waals surface area contributed by atoms with E-state index in [1.54, 1.807) is 11.1 Å². The Balaban J connectivity index is 1.63. The van der Waals surface area contributed by atoms with E-state index in [0.29, 0.717) is 25.9 Å². The molecule has 9 heteroatoms. The van der Waals surface area contributed by atoms with E-state index in [-0.39, 0.29) is 10.9 Å². The SMILES string of the molecule is CC(C(=O)N1CCC(N(C)c2cccnn2)CC1)S(=O)(=O)c1ccc(F)cc1. The van der Waals surface area contributed by atoms with Crippen LogP contribution in [-0.4, -0.2) is 60.9 Å². The van der Waals surface area contributed by atoms with Gasteiger partial charge in [0.05, 0.1) is 4.90 Å². The van der Waals surface area contributed by atoms with Gasteiger partial charge in [0, 0.05) is 32.4 Å². The van der Waals surface area contributed by atoms with E-state index in [1.165, 1.54) is 19.1 Å². The quantitative estimate of drug-likeness (QED) is 0.706. The molecule has 1 aliphatic heterocycles. The van der Waals surface area contributed by atoms with Gasteiger partial charge in [0.1, 0.15) is 11.1 Å². The number of carbonyl (C=O) groups excluding carboxylic acids is 1. The summed E-state index contributed by atoms with van der Waals surface area (Å²) >= 11 is 0. The molecule has 2 heterocycles. The van der Waals surface area contributed by atoms with Crippen LogP contribution in [0.3, 0.4) is 0 Å². The maximum absolute atomic E-state index is 13.1. The lowest BCUT2D eigenvalue weighted by Crippen LogP contribution is -2.49. The number of nitrogens with zero attached hydrogens (tertiary/aromatic N) is 4. The summed E-state index contributed by atoms with van der Waals surface area (Å²) < 4.78 is 38.5. The predicted octanol–water partition coefficient (Wildman–Crippen LogP) is 1.91. The van der Waals surface area contributed by atoms with E-state index in [2.05, 4.69) is 10.2 Å². The highest BCUT2D eigenvalue weighted by atomic mass is 32.2. The zero-order chi connectivity index (χ0) is 20.3. The van der Waals surface area contributed by atoms with Crippen molar-refractivity contribution in [2.75, 3.05) is 25.0 Å². The number of hydrogen-bond acceptors (Lipinski definition) is 6. The number of likely N-dealkylation sites (tertiary alicyclic amines) is 1. The fourth-order valence-electron chi connectivity index (χ4n) is 3.36. The van der Waals surface area contributed by atoms with Crippen molar-refractivity contribution in [1.29, 1.82) is 0 Å². The molecule has 0 saturated carbocycles. The number of anilines is 1. The zero-order valence-corrected chi connectivity index (χ0v) is 16.6. The van der Waals surface area contributed by atoms with E-state index in [1.807, 2.05) is 24.1 Å². The highest BCUT2D eigenvalue weighted by Gasteiger charge is 2.35. The molecule has 1 fully saturated rings. The van der Waals surface area contributed by atoms with Crippen molar-refractivity contribution in [3.8, 4) is 0 Å². The van der Waals surface area contributed by atoms with Crippen LogP contribution in [0.25, 0.3) is 0 Å². The van der Waals surface area contributed by atoms with Crippen LogP contribution in [0, 0.1) is 5.82 Å². The molecule has 1 unspecified atom stereocenters. The van der Waals surface area contributed by atoms with Crippen LogP contribution in [0.2, 0.25) is 0 Å². The Morgan fingerprint density at radius 1 is 1.21 bits per heavy atom. The van der Waals surface area contributed by atoms with Gasteiger partial charge in [-0.25, -0.2) is 12.8 Å². The zero-order valence-electron chi connectivity index (χ0n) is 15.8. The highest BCUT2D eigenvalue weighted by molar-refractivity contribution is 7.92. The summed E-state index contributed by atoms with van der Waals surface area (Å²) in [5.41, 5.74) is 0. The van der Waals surface area contributed by atoms with Gasteiger partial charge in [-0.15, -0.1) is 5.10 Å². The van der Waals surface area contributed by atoms with Gasteiger partial charge in [-0.05, 0) is 56.2 Å². The van der Waals surface area contributed by atoms with Gasteiger partial charge in [-0.3, -0.25) is 4.79 Å². The molecule has 1 aliphatic rings. The van der Waals surface area contributed by atoms with Crippen molar-refractivity contribution >= 4 is 21.6 Å². The summed E-state index contributed by atoms with van der Waals surface area (Å²) in [5.74, 6) is -0.184. The molecule has 1 amide bonds. The standard InChI is InChI=1S/C19H23FN4O3S/c1-14(28(26,27)17-7-5-15(20)6-8-17)19(25)24-12-9-16(10-13-24)23(2)18-4-3-11-21-22-18/h3-8,11,14,16H,9-10,12-13H2,1-2H3. The summed E-state index contributed by atoms with van der Waals surface area (Å²) in [6.07, 6.45) is 3.03. The maximum atomic E-state index is 13.1. The Kier molecular flexibility index (Phi) is 5.93. The first-order valence-corrected chi connectivity index (χ1v) is 10.6. The molecule has 2 aromatic rings. The number of carbonyl (C=O) groups is 1. The lowest BCUT2D eigenvalue weighted by Gasteiger charge is -2.37. The molecule has 0 aliphatic carbocycles. The molecule has 0 radical (unpaired) electrons. The topological polar surface area (TPSA) is 83.5 Å². The minimum absolute atomic E-state index is 0.0491. The first-order valence-electron chi connectivity index (χ1n) is 9.09. The Hall–Kier alpha value is -2.55. The molecule has 1 atom stereocenters. The number of piperidine rings is 1. The third kappa shape index (κ3) is 4.14. The summed E-state index contributed by atoms with van der Waals surface area (Å²) in [6, 6.07) is 8.44. The van der Waals surface area contributed by atoms with Crippen LogP contribution in [-0.2, 0) is 14.6 Å². The monoisotopic (exact) mass is 406 g/mol. The molecule has 28 heavy (non-hydrogen) atoms. The van der Waals surface area contributed by atoms with Gasteiger partial charge in [0.25, 0.3) is 0 Å². The number of rotatable bonds is 5. The molecule has 1 aromatic carbocycles. The van der Waals surface area contributed by atoms with Crippen molar-refractivity contribution < 1.29 is 17.6 Å². The normalized spacial score (nSPS) is 16.6. The summed E-state index contributed by atoms with van der Waals surface area (Å²) in [7, 11) is -1.93. The van der Waals surface area contributed by atoms with Gasteiger partial charge in [-0.2, -0.15) is 5.10 Å². The number of aromatic nitrogens is 2. The molecular formula is C19H23FN4O3S. The molecule has 1 aromatic heterocycles. The summed E-state index contributed by atoms with van der Waals surface area (Å²) in [4.78, 5) is 16.3. The number of sulfone groups is 1. The number of amides is 1. The molecule has 0 N–H and O–H groups in total. The molecular weight excluding hydrogens is 383 g/mol. The number of halogens is 1. The van der Waals surface area contributed by atoms with Crippen LogP contribution >= 0.6 is 0 Å². The third-order valence-corrected chi connectivity index (χ3v) is 7.26. The predicted molar refractivity (Wildman–Crippen MR) is 103 cm³/mol. The third-order valence-electron chi connectivity index (χ3n) is 5.20. The number of benzene rings is 1. The smallest absolute Gasteiger partial charge is 0.241 e. The number of hydrogen-bond donors (Lipinski definition) is 0. The average molecular weight is 406 g/mol. The van der Waals surface area contributed by atoms with Crippen molar-refractivity contribution in [3.63, 3.8) is 0 Å². The molecule has 0 spiro atoms.